The normalized spacial score (nSPS) is 10.3. The summed E-state index contributed by atoms with van der Waals surface area (Å²) in [5, 5.41) is 13.0. The van der Waals surface area contributed by atoms with Crippen LogP contribution in [0.15, 0.2) is 24.3 Å². The first kappa shape index (κ1) is 15.9. The van der Waals surface area contributed by atoms with Crippen LogP contribution in [0.3, 0.4) is 0 Å². The standard InChI is InChI=1S/C16H17N3O2S/c1-9(2)19-16-12(8-17)13(18)15(22-16)14(20)10-4-6-11(21-3)7-5-10/h4-7,9,19H,18H2,1-3H3. The van der Waals surface area contributed by atoms with E-state index in [1.165, 1.54) is 11.3 Å². The first-order valence-corrected chi connectivity index (χ1v) is 7.57. The Hall–Kier alpha value is -2.52. The van der Waals surface area contributed by atoms with Crippen molar-refractivity contribution in [3.8, 4) is 11.8 Å². The molecule has 2 rings (SSSR count). The fourth-order valence-corrected chi connectivity index (χ4v) is 3.14. The highest BCUT2D eigenvalue weighted by Gasteiger charge is 2.22. The van der Waals surface area contributed by atoms with Crippen LogP contribution in [0.5, 0.6) is 5.75 Å². The van der Waals surface area contributed by atoms with Gasteiger partial charge in [0, 0.05) is 11.6 Å². The monoisotopic (exact) mass is 315 g/mol. The molecule has 0 aliphatic carbocycles. The van der Waals surface area contributed by atoms with Gasteiger partial charge in [-0.3, -0.25) is 4.79 Å². The number of nitrogens with two attached hydrogens (primary N) is 1. The molecule has 0 unspecified atom stereocenters. The third-order valence-corrected chi connectivity index (χ3v) is 4.17. The van der Waals surface area contributed by atoms with Crippen molar-refractivity contribution in [3.63, 3.8) is 0 Å². The minimum absolute atomic E-state index is 0.147. The van der Waals surface area contributed by atoms with E-state index in [-0.39, 0.29) is 17.5 Å². The predicted molar refractivity (Wildman–Crippen MR) is 88.6 cm³/mol. The molecule has 0 atom stereocenters. The second kappa shape index (κ2) is 6.50. The molecule has 5 nitrogen and oxygen atoms in total. The maximum atomic E-state index is 12.6. The molecule has 0 radical (unpaired) electrons. The Morgan fingerprint density at radius 2 is 2.00 bits per heavy atom. The van der Waals surface area contributed by atoms with Crippen molar-refractivity contribution in [1.29, 1.82) is 5.26 Å². The van der Waals surface area contributed by atoms with E-state index in [9.17, 15) is 10.1 Å². The van der Waals surface area contributed by atoms with Gasteiger partial charge >= 0.3 is 0 Å². The summed E-state index contributed by atoms with van der Waals surface area (Å²) in [5.74, 6) is 0.481. The lowest BCUT2D eigenvalue weighted by Gasteiger charge is -2.06. The van der Waals surface area contributed by atoms with Crippen LogP contribution in [0.2, 0.25) is 0 Å². The Morgan fingerprint density at radius 3 is 2.50 bits per heavy atom. The summed E-state index contributed by atoms with van der Waals surface area (Å²) in [6.07, 6.45) is 0. The molecular formula is C16H17N3O2S. The lowest BCUT2D eigenvalue weighted by molar-refractivity contribution is 0.104. The number of hydrogen-bond donors (Lipinski definition) is 2. The molecule has 1 aromatic carbocycles. The maximum absolute atomic E-state index is 12.6. The molecular weight excluding hydrogens is 298 g/mol. The lowest BCUT2D eigenvalue weighted by atomic mass is 10.1. The van der Waals surface area contributed by atoms with Gasteiger partial charge in [0.1, 0.15) is 27.3 Å². The number of anilines is 2. The number of benzene rings is 1. The first-order valence-electron chi connectivity index (χ1n) is 6.75. The molecule has 1 heterocycles. The second-order valence-electron chi connectivity index (χ2n) is 5.02. The van der Waals surface area contributed by atoms with E-state index in [1.54, 1.807) is 31.4 Å². The van der Waals surface area contributed by atoms with Crippen LogP contribution >= 0.6 is 11.3 Å². The molecule has 22 heavy (non-hydrogen) atoms. The van der Waals surface area contributed by atoms with Crippen molar-refractivity contribution >= 4 is 27.8 Å². The summed E-state index contributed by atoms with van der Waals surface area (Å²) >= 11 is 1.21. The van der Waals surface area contributed by atoms with E-state index in [0.717, 1.165) is 0 Å². The van der Waals surface area contributed by atoms with E-state index >= 15 is 0 Å². The minimum atomic E-state index is -0.196. The van der Waals surface area contributed by atoms with Gasteiger partial charge in [-0.15, -0.1) is 11.3 Å². The molecule has 0 spiro atoms. The quantitative estimate of drug-likeness (QED) is 0.827. The average Bonchev–Trinajstić information content (AvgIpc) is 2.81. The van der Waals surface area contributed by atoms with Crippen LogP contribution in [0.4, 0.5) is 10.7 Å². The van der Waals surface area contributed by atoms with Gasteiger partial charge in [-0.05, 0) is 38.1 Å². The molecule has 0 saturated carbocycles. The van der Waals surface area contributed by atoms with Crippen molar-refractivity contribution in [3.05, 3.63) is 40.3 Å². The SMILES string of the molecule is COc1ccc(C(=O)c2sc(NC(C)C)c(C#N)c2N)cc1. The van der Waals surface area contributed by atoms with Crippen LogP contribution in [-0.4, -0.2) is 18.9 Å². The highest BCUT2D eigenvalue weighted by Crippen LogP contribution is 2.37. The molecule has 3 N–H and O–H groups in total. The number of thiophene rings is 1. The number of ether oxygens (including phenoxy) is 1. The molecule has 0 aliphatic rings. The molecule has 114 valence electrons. The van der Waals surface area contributed by atoms with Crippen LogP contribution in [0.1, 0.15) is 34.6 Å². The first-order chi connectivity index (χ1) is 10.5. The fraction of sp³-hybridized carbons (Fsp3) is 0.250. The highest BCUT2D eigenvalue weighted by atomic mass is 32.1. The zero-order valence-corrected chi connectivity index (χ0v) is 13.5. The Labute approximate surface area is 133 Å². The molecule has 2 aromatic rings. The number of nitriles is 1. The highest BCUT2D eigenvalue weighted by molar-refractivity contribution is 7.19. The van der Waals surface area contributed by atoms with Gasteiger partial charge < -0.3 is 15.8 Å². The number of ketones is 1. The summed E-state index contributed by atoms with van der Waals surface area (Å²) in [7, 11) is 1.57. The second-order valence-corrected chi connectivity index (χ2v) is 6.04. The van der Waals surface area contributed by atoms with Crippen LogP contribution in [0.25, 0.3) is 0 Å². The smallest absolute Gasteiger partial charge is 0.205 e. The summed E-state index contributed by atoms with van der Waals surface area (Å²) in [5.41, 5.74) is 7.06. The molecule has 6 heteroatoms. The molecule has 0 saturated heterocycles. The summed E-state index contributed by atoms with van der Waals surface area (Å²) in [6, 6.07) is 9.01. The van der Waals surface area contributed by atoms with E-state index in [2.05, 4.69) is 11.4 Å². The Bertz CT molecular complexity index is 727. The number of rotatable bonds is 5. The fourth-order valence-electron chi connectivity index (χ4n) is 1.96. The van der Waals surface area contributed by atoms with Crippen molar-refractivity contribution < 1.29 is 9.53 Å². The van der Waals surface area contributed by atoms with E-state index < -0.39 is 0 Å². The van der Waals surface area contributed by atoms with Crippen molar-refractivity contribution in [2.24, 2.45) is 0 Å². The average molecular weight is 315 g/mol. The van der Waals surface area contributed by atoms with Gasteiger partial charge in [-0.2, -0.15) is 5.26 Å². The molecule has 0 aliphatic heterocycles. The molecule has 0 amide bonds. The van der Waals surface area contributed by atoms with E-state index in [4.69, 9.17) is 10.5 Å². The summed E-state index contributed by atoms with van der Waals surface area (Å²) in [6.45, 7) is 3.92. The van der Waals surface area contributed by atoms with E-state index in [1.807, 2.05) is 13.8 Å². The number of nitrogens with one attached hydrogen (secondary N) is 1. The lowest BCUT2D eigenvalue weighted by Crippen LogP contribution is -2.09. The zero-order chi connectivity index (χ0) is 16.3. The predicted octanol–water partition coefficient (Wildman–Crippen LogP) is 3.26. The number of nitrogen functional groups attached to an aromatic ring is 1. The Kier molecular flexibility index (Phi) is 4.68. The molecule has 1 aromatic heterocycles. The third kappa shape index (κ3) is 3.05. The zero-order valence-electron chi connectivity index (χ0n) is 12.6. The summed E-state index contributed by atoms with van der Waals surface area (Å²) < 4.78 is 5.08. The van der Waals surface area contributed by atoms with Crippen LogP contribution in [0, 0.1) is 11.3 Å². The van der Waals surface area contributed by atoms with Crippen molar-refractivity contribution in [2.75, 3.05) is 18.2 Å². The van der Waals surface area contributed by atoms with Gasteiger partial charge in [0.25, 0.3) is 0 Å². The minimum Gasteiger partial charge on any atom is -0.497 e. The summed E-state index contributed by atoms with van der Waals surface area (Å²) in [4.78, 5) is 13.0. The van der Waals surface area contributed by atoms with Crippen molar-refractivity contribution in [1.82, 2.24) is 0 Å². The number of nitrogens with zero attached hydrogens (tertiary/aromatic N) is 1. The van der Waals surface area contributed by atoms with E-state index in [0.29, 0.717) is 26.8 Å². The van der Waals surface area contributed by atoms with Gasteiger partial charge in [-0.1, -0.05) is 0 Å². The third-order valence-electron chi connectivity index (χ3n) is 3.04. The molecule has 0 bridgehead atoms. The largest absolute Gasteiger partial charge is 0.497 e. The number of carbonyl (C=O) groups is 1. The van der Waals surface area contributed by atoms with Crippen molar-refractivity contribution in [2.45, 2.75) is 19.9 Å². The van der Waals surface area contributed by atoms with Crippen LogP contribution < -0.4 is 15.8 Å². The van der Waals surface area contributed by atoms with Crippen LogP contribution in [-0.2, 0) is 0 Å². The van der Waals surface area contributed by atoms with Gasteiger partial charge in [0.2, 0.25) is 5.78 Å². The number of methoxy groups -OCH3 is 1. The molecule has 0 fully saturated rings. The van der Waals surface area contributed by atoms with Gasteiger partial charge in [0.05, 0.1) is 12.8 Å². The number of carbonyl (C=O) groups excluding carboxylic acids is 1. The Balaban J connectivity index is 2.41. The van der Waals surface area contributed by atoms with Gasteiger partial charge in [0.15, 0.2) is 0 Å². The van der Waals surface area contributed by atoms with Gasteiger partial charge in [-0.25, -0.2) is 0 Å². The maximum Gasteiger partial charge on any atom is 0.205 e. The topological polar surface area (TPSA) is 88.1 Å². The Morgan fingerprint density at radius 1 is 1.36 bits per heavy atom. The number of hydrogen-bond acceptors (Lipinski definition) is 6.